The van der Waals surface area contributed by atoms with Gasteiger partial charge in [0.05, 0.1) is 19.3 Å². The summed E-state index contributed by atoms with van der Waals surface area (Å²) in [6.07, 6.45) is 0. The molecule has 0 unspecified atom stereocenters. The minimum Gasteiger partial charge on any atom is -0.464 e. The molecule has 10 heteroatoms. The van der Waals surface area contributed by atoms with Gasteiger partial charge in [0.1, 0.15) is 11.5 Å². The second-order valence-corrected chi connectivity index (χ2v) is 9.42. The normalized spacial score (nSPS) is 15.4. The molecular weight excluding hydrogens is 558 g/mol. The van der Waals surface area contributed by atoms with Gasteiger partial charge in [-0.25, -0.2) is 9.59 Å². The molecule has 1 aliphatic rings. The summed E-state index contributed by atoms with van der Waals surface area (Å²) in [5, 5.41) is 3.93. The highest BCUT2D eigenvalue weighted by atomic mass is 79.9. The van der Waals surface area contributed by atoms with Crippen molar-refractivity contribution in [3.63, 3.8) is 0 Å². The van der Waals surface area contributed by atoms with Crippen molar-refractivity contribution in [2.75, 3.05) is 13.2 Å². The van der Waals surface area contributed by atoms with Gasteiger partial charge >= 0.3 is 23.9 Å². The van der Waals surface area contributed by atoms with Crippen LogP contribution < -0.4 is 14.8 Å². The van der Waals surface area contributed by atoms with Crippen LogP contribution in [-0.2, 0) is 34.2 Å². The lowest BCUT2D eigenvalue weighted by Crippen LogP contribution is -2.54. The van der Waals surface area contributed by atoms with Crippen LogP contribution in [0.5, 0.6) is 11.5 Å². The summed E-state index contributed by atoms with van der Waals surface area (Å²) in [6.45, 7) is 5.61. The topological polar surface area (TPSA) is 117 Å². The Hall–Kier alpha value is -3.76. The Morgan fingerprint density at radius 1 is 0.816 bits per heavy atom. The molecule has 198 valence electrons. The summed E-state index contributed by atoms with van der Waals surface area (Å²) in [6, 6.07) is 13.1. The zero-order chi connectivity index (χ0) is 27.6. The first kappa shape index (κ1) is 27.3. The number of carbonyl (C=O) groups is 4. The molecule has 0 bridgehead atoms. The van der Waals surface area contributed by atoms with Gasteiger partial charge in [-0.05, 0) is 31.5 Å². The Kier molecular flexibility index (Phi) is 7.84. The van der Waals surface area contributed by atoms with Gasteiger partial charge in [-0.2, -0.15) is 0 Å². The number of benzene rings is 3. The number of esters is 4. The fraction of sp³-hybridized carbons (Fsp3) is 0.286. The van der Waals surface area contributed by atoms with Crippen LogP contribution in [0.3, 0.4) is 0 Å². The standard InChI is InChI=1S/C28H26BrNO8/c1-5-35-26(33)28(27(34)36-6-2)22-21(23(30-28)17-11-13-18(29)14-12-17)24(37-15(3)31)19-9-7-8-10-20(19)25(22)38-16(4)32/h7-14,23,30H,5-6H2,1-4H3/t23-/m1/s1. The number of rotatable bonds is 7. The van der Waals surface area contributed by atoms with Gasteiger partial charge in [-0.3, -0.25) is 14.9 Å². The Balaban J connectivity index is 2.23. The monoisotopic (exact) mass is 583 g/mol. The second-order valence-electron chi connectivity index (χ2n) is 8.50. The van der Waals surface area contributed by atoms with E-state index >= 15 is 0 Å². The highest BCUT2D eigenvalue weighted by Crippen LogP contribution is 2.54. The predicted octanol–water partition coefficient (Wildman–Crippen LogP) is 4.47. The SMILES string of the molecule is CCOC(=O)C1(C(=O)OCC)N[C@H](c2ccc(Br)cc2)c2c1c(OC(C)=O)c1ccccc1c2OC(C)=O. The zero-order valence-electron chi connectivity index (χ0n) is 21.3. The molecule has 0 fully saturated rings. The van der Waals surface area contributed by atoms with Crippen LogP contribution in [0.4, 0.5) is 0 Å². The molecule has 3 aromatic rings. The molecule has 0 amide bonds. The minimum atomic E-state index is -2.23. The maximum atomic E-state index is 13.7. The van der Waals surface area contributed by atoms with Crippen LogP contribution in [0, 0.1) is 0 Å². The summed E-state index contributed by atoms with van der Waals surface area (Å²) in [5.41, 5.74) is -1.32. The Morgan fingerprint density at radius 3 is 1.82 bits per heavy atom. The van der Waals surface area contributed by atoms with Gasteiger partial charge in [0.25, 0.3) is 0 Å². The lowest BCUT2D eigenvalue weighted by Gasteiger charge is -2.28. The highest BCUT2D eigenvalue weighted by molar-refractivity contribution is 9.10. The summed E-state index contributed by atoms with van der Waals surface area (Å²) < 4.78 is 23.0. The van der Waals surface area contributed by atoms with E-state index in [2.05, 4.69) is 21.2 Å². The summed E-state index contributed by atoms with van der Waals surface area (Å²) >= 11 is 3.42. The molecule has 4 rings (SSSR count). The number of nitrogens with one attached hydrogen (secondary N) is 1. The number of ether oxygens (including phenoxy) is 4. The average molecular weight is 584 g/mol. The molecule has 0 radical (unpaired) electrons. The smallest absolute Gasteiger partial charge is 0.343 e. The third-order valence-corrected chi connectivity index (χ3v) is 6.57. The van der Waals surface area contributed by atoms with Crippen LogP contribution in [0.25, 0.3) is 10.8 Å². The second kappa shape index (κ2) is 10.9. The fourth-order valence-electron chi connectivity index (χ4n) is 4.70. The first-order valence-electron chi connectivity index (χ1n) is 12.0. The van der Waals surface area contributed by atoms with E-state index in [1.807, 2.05) is 0 Å². The van der Waals surface area contributed by atoms with E-state index in [-0.39, 0.29) is 35.8 Å². The average Bonchev–Trinajstić information content (AvgIpc) is 3.24. The van der Waals surface area contributed by atoms with E-state index in [0.717, 1.165) is 4.47 Å². The van der Waals surface area contributed by atoms with Crippen molar-refractivity contribution in [1.29, 1.82) is 0 Å². The maximum Gasteiger partial charge on any atom is 0.343 e. The highest BCUT2D eigenvalue weighted by Gasteiger charge is 2.61. The lowest BCUT2D eigenvalue weighted by molar-refractivity contribution is -0.167. The minimum absolute atomic E-state index is 0.00697. The van der Waals surface area contributed by atoms with E-state index in [1.165, 1.54) is 13.8 Å². The van der Waals surface area contributed by atoms with Crippen molar-refractivity contribution in [1.82, 2.24) is 5.32 Å². The lowest BCUT2D eigenvalue weighted by atomic mass is 9.85. The fourth-order valence-corrected chi connectivity index (χ4v) is 4.96. The van der Waals surface area contributed by atoms with Gasteiger partial charge in [-0.15, -0.1) is 0 Å². The molecule has 1 N–H and O–H groups in total. The van der Waals surface area contributed by atoms with E-state index in [9.17, 15) is 19.2 Å². The van der Waals surface area contributed by atoms with Crippen molar-refractivity contribution in [3.05, 3.63) is 69.7 Å². The number of halogens is 1. The molecule has 9 nitrogen and oxygen atoms in total. The third kappa shape index (κ3) is 4.65. The van der Waals surface area contributed by atoms with Crippen molar-refractivity contribution in [3.8, 4) is 11.5 Å². The summed E-state index contributed by atoms with van der Waals surface area (Å²) in [7, 11) is 0. The molecule has 1 atom stereocenters. The van der Waals surface area contributed by atoms with Crippen molar-refractivity contribution in [2.24, 2.45) is 0 Å². The van der Waals surface area contributed by atoms with E-state index < -0.39 is 35.5 Å². The molecule has 3 aromatic carbocycles. The molecule has 1 heterocycles. The molecule has 0 spiro atoms. The number of carbonyl (C=O) groups excluding carboxylic acids is 4. The first-order valence-corrected chi connectivity index (χ1v) is 12.8. The predicted molar refractivity (Wildman–Crippen MR) is 141 cm³/mol. The Bertz CT molecular complexity index is 1420. The number of hydrogen-bond donors (Lipinski definition) is 1. The van der Waals surface area contributed by atoms with Gasteiger partial charge < -0.3 is 18.9 Å². The summed E-state index contributed by atoms with van der Waals surface area (Å²) in [5.74, 6) is -3.10. The van der Waals surface area contributed by atoms with Gasteiger partial charge in [-0.1, -0.05) is 52.3 Å². The van der Waals surface area contributed by atoms with Crippen LogP contribution in [0.1, 0.15) is 50.4 Å². The largest absolute Gasteiger partial charge is 0.464 e. The van der Waals surface area contributed by atoms with Gasteiger partial charge in [0, 0.05) is 40.2 Å². The third-order valence-electron chi connectivity index (χ3n) is 6.04. The molecule has 0 aliphatic carbocycles. The van der Waals surface area contributed by atoms with Crippen molar-refractivity contribution >= 4 is 50.6 Å². The molecule has 38 heavy (non-hydrogen) atoms. The molecular formula is C28H26BrNO8. The Labute approximate surface area is 227 Å². The van der Waals surface area contributed by atoms with Crippen molar-refractivity contribution < 1.29 is 38.1 Å². The summed E-state index contributed by atoms with van der Waals surface area (Å²) in [4.78, 5) is 52.2. The first-order chi connectivity index (χ1) is 18.1. The van der Waals surface area contributed by atoms with E-state index in [4.69, 9.17) is 18.9 Å². The van der Waals surface area contributed by atoms with Gasteiger partial charge in [0.15, 0.2) is 0 Å². The van der Waals surface area contributed by atoms with Crippen LogP contribution in [0.2, 0.25) is 0 Å². The Morgan fingerprint density at radius 2 is 1.32 bits per heavy atom. The number of hydrogen-bond acceptors (Lipinski definition) is 9. The number of fused-ring (bicyclic) bond motifs is 2. The molecule has 0 saturated carbocycles. The van der Waals surface area contributed by atoms with Crippen molar-refractivity contribution in [2.45, 2.75) is 39.3 Å². The van der Waals surface area contributed by atoms with Crippen LogP contribution in [0.15, 0.2) is 53.0 Å². The molecule has 1 aliphatic heterocycles. The zero-order valence-corrected chi connectivity index (χ0v) is 22.8. The molecule has 0 saturated heterocycles. The maximum absolute atomic E-state index is 13.7. The molecule has 0 aromatic heterocycles. The van der Waals surface area contributed by atoms with Crippen LogP contribution in [-0.4, -0.2) is 37.1 Å². The van der Waals surface area contributed by atoms with Gasteiger partial charge in [0.2, 0.25) is 5.54 Å². The van der Waals surface area contributed by atoms with E-state index in [1.54, 1.807) is 62.4 Å². The van der Waals surface area contributed by atoms with Crippen LogP contribution >= 0.6 is 15.9 Å². The van der Waals surface area contributed by atoms with E-state index in [0.29, 0.717) is 16.3 Å². The quantitative estimate of drug-likeness (QED) is 0.244.